The van der Waals surface area contributed by atoms with E-state index in [2.05, 4.69) is 0 Å². The van der Waals surface area contributed by atoms with Gasteiger partial charge in [-0.2, -0.15) is 0 Å². The van der Waals surface area contributed by atoms with Crippen LogP contribution in [0.5, 0.6) is 5.75 Å². The number of carbonyl (C=O) groups is 1. The smallest absolute Gasteiger partial charge is 0.308 e. The van der Waals surface area contributed by atoms with E-state index in [0.717, 1.165) is 11.1 Å². The second-order valence-electron chi connectivity index (χ2n) is 3.58. The molecule has 0 unspecified atom stereocenters. The van der Waals surface area contributed by atoms with Gasteiger partial charge in [0.15, 0.2) is 0 Å². The molecule has 2 aromatic rings. The Bertz CT molecular complexity index is 535. The average Bonchev–Trinajstić information content (AvgIpc) is 2.32. The Hall–Kier alpha value is -1.80. The maximum atomic E-state index is 10.9. The summed E-state index contributed by atoms with van der Waals surface area (Å²) in [6.07, 6.45) is 0. The fourth-order valence-electron chi connectivity index (χ4n) is 1.59. The van der Waals surface area contributed by atoms with Crippen LogP contribution in [-0.4, -0.2) is 5.97 Å². The van der Waals surface area contributed by atoms with Gasteiger partial charge >= 0.3 is 5.97 Å². The van der Waals surface area contributed by atoms with Crippen LogP contribution in [0.2, 0.25) is 5.02 Å². The van der Waals surface area contributed by atoms with Gasteiger partial charge in [0.25, 0.3) is 0 Å². The summed E-state index contributed by atoms with van der Waals surface area (Å²) in [4.78, 5) is 10.9. The van der Waals surface area contributed by atoms with Gasteiger partial charge in [-0.25, -0.2) is 0 Å². The van der Waals surface area contributed by atoms with Crippen molar-refractivity contribution in [2.24, 2.45) is 0 Å². The fourth-order valence-corrected chi connectivity index (χ4v) is 1.86. The Kier molecular flexibility index (Phi) is 3.45. The fraction of sp³-hybridized carbons (Fsp3) is 0.0714. The number of ether oxygens (including phenoxy) is 1. The summed E-state index contributed by atoms with van der Waals surface area (Å²) in [5.41, 5.74) is 1.84. The first-order valence-electron chi connectivity index (χ1n) is 5.21. The molecule has 0 aromatic heterocycles. The Balaban J connectivity index is 2.46. The van der Waals surface area contributed by atoms with Crippen LogP contribution in [0, 0.1) is 0 Å². The molecule has 2 aromatic carbocycles. The van der Waals surface area contributed by atoms with Gasteiger partial charge in [-0.15, -0.1) is 0 Å². The zero-order valence-corrected chi connectivity index (χ0v) is 10.1. The lowest BCUT2D eigenvalue weighted by Gasteiger charge is -2.08. The topological polar surface area (TPSA) is 26.3 Å². The van der Waals surface area contributed by atoms with E-state index in [1.54, 1.807) is 6.07 Å². The molecule has 3 heteroatoms. The quantitative estimate of drug-likeness (QED) is 0.593. The largest absolute Gasteiger partial charge is 0.425 e. The second kappa shape index (κ2) is 5.02. The molecule has 0 amide bonds. The van der Waals surface area contributed by atoms with Crippen molar-refractivity contribution < 1.29 is 9.53 Å². The number of hydrogen-bond donors (Lipinski definition) is 0. The molecular formula is C14H11ClO2. The summed E-state index contributed by atoms with van der Waals surface area (Å²) in [6, 6.07) is 15.1. The highest BCUT2D eigenvalue weighted by atomic mass is 35.5. The van der Waals surface area contributed by atoms with Crippen molar-refractivity contribution in [2.45, 2.75) is 6.92 Å². The number of esters is 1. The molecule has 17 heavy (non-hydrogen) atoms. The van der Waals surface area contributed by atoms with Crippen molar-refractivity contribution in [1.82, 2.24) is 0 Å². The van der Waals surface area contributed by atoms with Crippen molar-refractivity contribution in [3.05, 3.63) is 53.6 Å². The summed E-state index contributed by atoms with van der Waals surface area (Å²) in [5.74, 6) is 0.0117. The van der Waals surface area contributed by atoms with Crippen molar-refractivity contribution >= 4 is 17.6 Å². The van der Waals surface area contributed by atoms with E-state index >= 15 is 0 Å². The van der Waals surface area contributed by atoms with E-state index in [1.165, 1.54) is 6.92 Å². The lowest BCUT2D eigenvalue weighted by atomic mass is 10.1. The molecule has 2 rings (SSSR count). The zero-order chi connectivity index (χ0) is 12.3. The first-order valence-corrected chi connectivity index (χ1v) is 5.58. The summed E-state index contributed by atoms with van der Waals surface area (Å²) in [6.45, 7) is 1.35. The second-order valence-corrected chi connectivity index (χ2v) is 3.96. The number of halogens is 1. The van der Waals surface area contributed by atoms with Crippen LogP contribution in [-0.2, 0) is 4.79 Å². The van der Waals surface area contributed by atoms with Crippen LogP contribution in [0.1, 0.15) is 6.92 Å². The van der Waals surface area contributed by atoms with Crippen LogP contribution >= 0.6 is 11.6 Å². The van der Waals surface area contributed by atoms with Gasteiger partial charge in [-0.1, -0.05) is 54.1 Å². The molecule has 0 saturated heterocycles. The van der Waals surface area contributed by atoms with Gasteiger partial charge in [0, 0.05) is 12.5 Å². The molecule has 0 aliphatic carbocycles. The van der Waals surface area contributed by atoms with Gasteiger partial charge in [0.05, 0.1) is 5.02 Å². The third-order valence-electron chi connectivity index (χ3n) is 2.30. The van der Waals surface area contributed by atoms with Gasteiger partial charge in [0.1, 0.15) is 5.75 Å². The van der Waals surface area contributed by atoms with Crippen LogP contribution in [0.3, 0.4) is 0 Å². The molecular weight excluding hydrogens is 236 g/mol. The highest BCUT2D eigenvalue weighted by molar-refractivity contribution is 6.34. The third kappa shape index (κ3) is 2.66. The summed E-state index contributed by atoms with van der Waals surface area (Å²) < 4.78 is 5.04. The molecule has 0 aliphatic heterocycles. The molecule has 0 atom stereocenters. The molecule has 0 bridgehead atoms. The Morgan fingerprint density at radius 3 is 2.41 bits per heavy atom. The summed E-state index contributed by atoms with van der Waals surface area (Å²) >= 11 is 6.21. The summed E-state index contributed by atoms with van der Waals surface area (Å²) in [7, 11) is 0. The predicted octanol–water partition coefficient (Wildman–Crippen LogP) is 3.93. The lowest BCUT2D eigenvalue weighted by Crippen LogP contribution is -2.02. The van der Waals surface area contributed by atoms with Crippen LogP contribution in [0.15, 0.2) is 48.5 Å². The van der Waals surface area contributed by atoms with Crippen LogP contribution in [0.25, 0.3) is 11.1 Å². The van der Waals surface area contributed by atoms with Crippen molar-refractivity contribution in [3.63, 3.8) is 0 Å². The van der Waals surface area contributed by atoms with Crippen molar-refractivity contribution in [2.75, 3.05) is 0 Å². The minimum Gasteiger partial charge on any atom is -0.425 e. The van der Waals surface area contributed by atoms with E-state index < -0.39 is 0 Å². The van der Waals surface area contributed by atoms with E-state index in [-0.39, 0.29) is 5.97 Å². The van der Waals surface area contributed by atoms with Crippen LogP contribution < -0.4 is 4.74 Å². The van der Waals surface area contributed by atoms with E-state index in [9.17, 15) is 4.79 Å². The molecule has 0 radical (unpaired) electrons. The lowest BCUT2D eigenvalue weighted by molar-refractivity contribution is -0.131. The number of hydrogen-bond acceptors (Lipinski definition) is 2. The first-order chi connectivity index (χ1) is 8.18. The average molecular weight is 247 g/mol. The normalized spacial score (nSPS) is 10.0. The Labute approximate surface area is 105 Å². The van der Waals surface area contributed by atoms with Gasteiger partial charge in [0.2, 0.25) is 0 Å². The van der Waals surface area contributed by atoms with E-state index in [4.69, 9.17) is 16.3 Å². The molecule has 0 N–H and O–H groups in total. The predicted molar refractivity (Wildman–Crippen MR) is 68.2 cm³/mol. The maximum absolute atomic E-state index is 10.9. The Morgan fingerprint density at radius 1 is 1.06 bits per heavy atom. The van der Waals surface area contributed by atoms with Crippen LogP contribution in [0.4, 0.5) is 0 Å². The van der Waals surface area contributed by atoms with Gasteiger partial charge in [-0.3, -0.25) is 4.79 Å². The minimum atomic E-state index is -0.378. The molecule has 0 spiro atoms. The standard InChI is InChI=1S/C14H11ClO2/c1-10(16)17-13-9-5-8-12(14(13)15)11-6-3-2-4-7-11/h2-9H,1H3. The summed E-state index contributed by atoms with van der Waals surface area (Å²) in [5, 5.41) is 0.453. The van der Waals surface area contributed by atoms with Gasteiger partial charge < -0.3 is 4.74 Å². The molecule has 86 valence electrons. The van der Waals surface area contributed by atoms with Crippen molar-refractivity contribution in [1.29, 1.82) is 0 Å². The Morgan fingerprint density at radius 2 is 1.76 bits per heavy atom. The maximum Gasteiger partial charge on any atom is 0.308 e. The molecule has 0 heterocycles. The molecule has 0 aliphatic rings. The van der Waals surface area contributed by atoms with Crippen molar-refractivity contribution in [3.8, 4) is 16.9 Å². The zero-order valence-electron chi connectivity index (χ0n) is 9.31. The SMILES string of the molecule is CC(=O)Oc1cccc(-c2ccccc2)c1Cl. The number of rotatable bonds is 2. The molecule has 2 nitrogen and oxygen atoms in total. The highest BCUT2D eigenvalue weighted by Gasteiger charge is 2.10. The van der Waals surface area contributed by atoms with E-state index in [1.807, 2.05) is 42.5 Å². The monoisotopic (exact) mass is 246 g/mol. The number of benzene rings is 2. The number of carbonyl (C=O) groups excluding carboxylic acids is 1. The van der Waals surface area contributed by atoms with E-state index in [0.29, 0.717) is 10.8 Å². The van der Waals surface area contributed by atoms with Gasteiger partial charge in [-0.05, 0) is 11.6 Å². The molecule has 0 saturated carbocycles. The minimum absolute atomic E-state index is 0.378. The third-order valence-corrected chi connectivity index (χ3v) is 2.69. The first kappa shape index (κ1) is 11.7. The molecule has 0 fully saturated rings. The highest BCUT2D eigenvalue weighted by Crippen LogP contribution is 2.35.